The molecule has 0 aliphatic rings. The van der Waals surface area contributed by atoms with Crippen molar-refractivity contribution in [2.24, 2.45) is 0 Å². The van der Waals surface area contributed by atoms with Gasteiger partial charge in [0.1, 0.15) is 5.82 Å². The Morgan fingerprint density at radius 3 is 2.65 bits per heavy atom. The summed E-state index contributed by atoms with van der Waals surface area (Å²) in [5.74, 6) is -0.672. The van der Waals surface area contributed by atoms with Gasteiger partial charge in [-0.1, -0.05) is 6.42 Å². The minimum atomic E-state index is -0.371. The van der Waals surface area contributed by atoms with E-state index >= 15 is 0 Å². The molecule has 0 unspecified atom stereocenters. The lowest BCUT2D eigenvalue weighted by atomic mass is 10.1. The molecule has 0 aliphatic carbocycles. The molecule has 0 bridgehead atoms. The van der Waals surface area contributed by atoms with Crippen molar-refractivity contribution in [2.75, 3.05) is 19.0 Å². The number of unbranched alkanes of at least 4 members (excludes halogenated alkanes) is 2. The Hall–Kier alpha value is -1.91. The van der Waals surface area contributed by atoms with Crippen molar-refractivity contribution in [2.45, 2.75) is 32.6 Å². The number of carbonyl (C=O) groups excluding carboxylic acids is 2. The van der Waals surface area contributed by atoms with Gasteiger partial charge in [0.25, 0.3) is 0 Å². The Kier molecular flexibility index (Phi) is 6.70. The van der Waals surface area contributed by atoms with Crippen molar-refractivity contribution in [1.29, 1.82) is 0 Å². The van der Waals surface area contributed by atoms with Crippen LogP contribution in [0.5, 0.6) is 0 Å². The average molecular weight is 281 g/mol. The third-order valence-electron chi connectivity index (χ3n) is 2.97. The maximum atomic E-state index is 13.5. The minimum Gasteiger partial charge on any atom is -0.469 e. The van der Waals surface area contributed by atoms with Crippen molar-refractivity contribution in [3.63, 3.8) is 0 Å². The van der Waals surface area contributed by atoms with E-state index in [0.717, 1.165) is 19.3 Å². The Morgan fingerprint density at radius 2 is 2.00 bits per heavy atom. The fourth-order valence-corrected chi connectivity index (χ4v) is 1.78. The molecule has 1 N–H and O–H groups in total. The van der Waals surface area contributed by atoms with E-state index in [1.807, 2.05) is 0 Å². The predicted molar refractivity (Wildman–Crippen MR) is 75.4 cm³/mol. The van der Waals surface area contributed by atoms with Crippen LogP contribution < -0.4 is 5.32 Å². The van der Waals surface area contributed by atoms with Gasteiger partial charge in [0.15, 0.2) is 5.78 Å². The molecule has 0 heterocycles. The number of methoxy groups -OCH3 is 1. The highest BCUT2D eigenvalue weighted by molar-refractivity contribution is 5.94. The monoisotopic (exact) mass is 281 g/mol. The van der Waals surface area contributed by atoms with Gasteiger partial charge in [0.05, 0.1) is 12.8 Å². The average Bonchev–Trinajstić information content (AvgIpc) is 2.43. The number of Topliss-reactive ketones (excluding diaryl/α,β-unsaturated/α-hetero) is 1. The van der Waals surface area contributed by atoms with Gasteiger partial charge < -0.3 is 10.1 Å². The van der Waals surface area contributed by atoms with Gasteiger partial charge in [-0.3, -0.25) is 9.59 Å². The first-order valence-corrected chi connectivity index (χ1v) is 6.65. The van der Waals surface area contributed by atoms with E-state index in [2.05, 4.69) is 10.1 Å². The molecule has 0 fully saturated rings. The molecule has 4 nitrogen and oxygen atoms in total. The number of carbonyl (C=O) groups is 2. The van der Waals surface area contributed by atoms with Crippen LogP contribution in [0, 0.1) is 5.82 Å². The van der Waals surface area contributed by atoms with Gasteiger partial charge in [-0.05, 0) is 38.0 Å². The molecule has 0 spiro atoms. The van der Waals surface area contributed by atoms with Crippen LogP contribution in [-0.4, -0.2) is 25.4 Å². The van der Waals surface area contributed by atoms with E-state index in [1.54, 1.807) is 0 Å². The number of anilines is 1. The summed E-state index contributed by atoms with van der Waals surface area (Å²) in [7, 11) is 1.37. The predicted octanol–water partition coefficient (Wildman–Crippen LogP) is 3.17. The lowest BCUT2D eigenvalue weighted by Gasteiger charge is -2.08. The molecule has 1 rings (SSSR count). The molecule has 0 radical (unpaired) electrons. The molecule has 0 amide bonds. The first-order chi connectivity index (χ1) is 9.54. The second-order valence-electron chi connectivity index (χ2n) is 4.56. The van der Waals surface area contributed by atoms with Crippen molar-refractivity contribution >= 4 is 17.4 Å². The summed E-state index contributed by atoms with van der Waals surface area (Å²) in [6, 6.07) is 4.28. The zero-order valence-electron chi connectivity index (χ0n) is 11.9. The molecule has 20 heavy (non-hydrogen) atoms. The van der Waals surface area contributed by atoms with Gasteiger partial charge in [0, 0.05) is 18.5 Å². The summed E-state index contributed by atoms with van der Waals surface area (Å²) in [6.45, 7) is 2.04. The van der Waals surface area contributed by atoms with Crippen molar-refractivity contribution in [3.8, 4) is 0 Å². The fourth-order valence-electron chi connectivity index (χ4n) is 1.78. The summed E-state index contributed by atoms with van der Waals surface area (Å²) in [4.78, 5) is 22.1. The van der Waals surface area contributed by atoms with E-state index in [4.69, 9.17) is 0 Å². The summed E-state index contributed by atoms with van der Waals surface area (Å²) in [5, 5.41) is 2.97. The third-order valence-corrected chi connectivity index (χ3v) is 2.97. The number of hydrogen-bond acceptors (Lipinski definition) is 4. The van der Waals surface area contributed by atoms with Crippen LogP contribution in [0.2, 0.25) is 0 Å². The van der Waals surface area contributed by atoms with E-state index < -0.39 is 0 Å². The molecule has 0 saturated heterocycles. The van der Waals surface area contributed by atoms with Crippen LogP contribution >= 0.6 is 0 Å². The van der Waals surface area contributed by atoms with E-state index in [1.165, 1.54) is 32.2 Å². The Bertz CT molecular complexity index is 474. The SMILES string of the molecule is COC(=O)CCCCCNc1cc(C(C)=O)ccc1F. The molecule has 1 aromatic rings. The quantitative estimate of drug-likeness (QED) is 0.452. The molecule has 0 aromatic heterocycles. The van der Waals surface area contributed by atoms with Gasteiger partial charge in [-0.15, -0.1) is 0 Å². The number of benzene rings is 1. The second-order valence-corrected chi connectivity index (χ2v) is 4.56. The molecule has 5 heteroatoms. The summed E-state index contributed by atoms with van der Waals surface area (Å²) < 4.78 is 18.1. The molecular weight excluding hydrogens is 261 g/mol. The van der Waals surface area contributed by atoms with Gasteiger partial charge in [0.2, 0.25) is 0 Å². The lowest BCUT2D eigenvalue weighted by Crippen LogP contribution is -2.05. The number of nitrogens with one attached hydrogen (secondary N) is 1. The van der Waals surface area contributed by atoms with Crippen molar-refractivity contribution in [1.82, 2.24) is 0 Å². The molecular formula is C15H20FNO3. The number of hydrogen-bond donors (Lipinski definition) is 1. The topological polar surface area (TPSA) is 55.4 Å². The summed E-state index contributed by atoms with van der Waals surface area (Å²) in [5.41, 5.74) is 0.824. The molecule has 110 valence electrons. The van der Waals surface area contributed by atoms with Crippen LogP contribution in [0.3, 0.4) is 0 Å². The highest BCUT2D eigenvalue weighted by Crippen LogP contribution is 2.16. The first kappa shape index (κ1) is 16.1. The summed E-state index contributed by atoms with van der Waals surface area (Å²) >= 11 is 0. The van der Waals surface area contributed by atoms with Gasteiger partial charge in [-0.2, -0.15) is 0 Å². The number of halogens is 1. The van der Waals surface area contributed by atoms with Crippen LogP contribution in [0.1, 0.15) is 43.0 Å². The molecule has 0 aliphatic heterocycles. The minimum absolute atomic E-state index is 0.0915. The van der Waals surface area contributed by atoms with Crippen LogP contribution in [0.25, 0.3) is 0 Å². The maximum Gasteiger partial charge on any atom is 0.305 e. The third kappa shape index (κ3) is 5.38. The zero-order valence-corrected chi connectivity index (χ0v) is 11.9. The van der Waals surface area contributed by atoms with Gasteiger partial charge in [-0.25, -0.2) is 4.39 Å². The first-order valence-electron chi connectivity index (χ1n) is 6.65. The van der Waals surface area contributed by atoms with Crippen LogP contribution in [0.4, 0.5) is 10.1 Å². The lowest BCUT2D eigenvalue weighted by molar-refractivity contribution is -0.140. The highest BCUT2D eigenvalue weighted by atomic mass is 19.1. The number of rotatable bonds is 8. The molecule has 0 atom stereocenters. The fraction of sp³-hybridized carbons (Fsp3) is 0.467. The highest BCUT2D eigenvalue weighted by Gasteiger charge is 2.06. The Labute approximate surface area is 118 Å². The standard InChI is InChI=1S/C15H20FNO3/c1-11(18)12-7-8-13(16)14(10-12)17-9-5-3-4-6-15(19)20-2/h7-8,10,17H,3-6,9H2,1-2H3. The normalized spacial score (nSPS) is 10.2. The van der Waals surface area contributed by atoms with Crippen molar-refractivity contribution in [3.05, 3.63) is 29.6 Å². The molecule has 1 aromatic carbocycles. The van der Waals surface area contributed by atoms with Crippen molar-refractivity contribution < 1.29 is 18.7 Å². The summed E-state index contributed by atoms with van der Waals surface area (Å²) in [6.07, 6.45) is 2.84. The zero-order chi connectivity index (χ0) is 15.0. The van der Waals surface area contributed by atoms with Gasteiger partial charge >= 0.3 is 5.97 Å². The maximum absolute atomic E-state index is 13.5. The number of ketones is 1. The number of ether oxygens (including phenoxy) is 1. The Balaban J connectivity index is 2.33. The largest absolute Gasteiger partial charge is 0.469 e. The smallest absolute Gasteiger partial charge is 0.305 e. The Morgan fingerprint density at radius 1 is 1.25 bits per heavy atom. The molecule has 0 saturated carbocycles. The van der Waals surface area contributed by atoms with E-state index in [0.29, 0.717) is 24.2 Å². The van der Waals surface area contributed by atoms with E-state index in [-0.39, 0.29) is 17.6 Å². The second kappa shape index (κ2) is 8.30. The van der Waals surface area contributed by atoms with Crippen LogP contribution in [0.15, 0.2) is 18.2 Å². The van der Waals surface area contributed by atoms with E-state index in [9.17, 15) is 14.0 Å². The van der Waals surface area contributed by atoms with Crippen LogP contribution in [-0.2, 0) is 9.53 Å². The number of esters is 1.